The van der Waals surface area contributed by atoms with Crippen molar-refractivity contribution < 1.29 is 9.47 Å². The molecule has 2 aromatic rings. The second-order valence-electron chi connectivity index (χ2n) is 4.60. The van der Waals surface area contributed by atoms with Crippen LogP contribution in [0.15, 0.2) is 42.5 Å². The van der Waals surface area contributed by atoms with Crippen LogP contribution in [0.5, 0.6) is 11.5 Å². The van der Waals surface area contributed by atoms with Crippen LogP contribution in [-0.2, 0) is 6.54 Å². The first-order valence-corrected chi connectivity index (χ1v) is 6.18. The van der Waals surface area contributed by atoms with Crippen molar-refractivity contribution in [2.24, 2.45) is 0 Å². The van der Waals surface area contributed by atoms with Crippen LogP contribution in [-0.4, -0.2) is 13.8 Å². The minimum Gasteiger partial charge on any atom is -0.454 e. The molecule has 4 heteroatoms. The summed E-state index contributed by atoms with van der Waals surface area (Å²) in [6.07, 6.45) is 0. The van der Waals surface area contributed by atoms with E-state index >= 15 is 0 Å². The third kappa shape index (κ3) is 2.29. The van der Waals surface area contributed by atoms with Crippen LogP contribution in [0.4, 0.5) is 11.4 Å². The largest absolute Gasteiger partial charge is 0.454 e. The summed E-state index contributed by atoms with van der Waals surface area (Å²) in [7, 11) is 2.02. The fraction of sp³-hybridized carbons (Fsp3) is 0.200. The quantitative estimate of drug-likeness (QED) is 0.858. The topological polar surface area (TPSA) is 47.7 Å². The van der Waals surface area contributed by atoms with Gasteiger partial charge in [-0.15, -0.1) is 0 Å². The molecule has 0 amide bonds. The van der Waals surface area contributed by atoms with Gasteiger partial charge in [0.25, 0.3) is 0 Å². The molecule has 3 rings (SSSR count). The molecule has 4 nitrogen and oxygen atoms in total. The van der Waals surface area contributed by atoms with E-state index in [1.807, 2.05) is 49.5 Å². The number of anilines is 2. The van der Waals surface area contributed by atoms with Crippen molar-refractivity contribution in [2.45, 2.75) is 6.54 Å². The number of nitrogens with zero attached hydrogens (tertiary/aromatic N) is 1. The number of nitrogen functional groups attached to an aromatic ring is 1. The smallest absolute Gasteiger partial charge is 0.231 e. The van der Waals surface area contributed by atoms with E-state index in [0.717, 1.165) is 35.0 Å². The van der Waals surface area contributed by atoms with E-state index in [0.29, 0.717) is 6.79 Å². The van der Waals surface area contributed by atoms with E-state index < -0.39 is 0 Å². The minimum absolute atomic E-state index is 0.306. The predicted octanol–water partition coefficient (Wildman–Crippen LogP) is 2.63. The van der Waals surface area contributed by atoms with Crippen molar-refractivity contribution in [3.8, 4) is 11.5 Å². The monoisotopic (exact) mass is 256 g/mol. The van der Waals surface area contributed by atoms with Crippen molar-refractivity contribution in [3.63, 3.8) is 0 Å². The van der Waals surface area contributed by atoms with Crippen molar-refractivity contribution in [1.29, 1.82) is 0 Å². The van der Waals surface area contributed by atoms with Gasteiger partial charge in [0.2, 0.25) is 6.79 Å². The highest BCUT2D eigenvalue weighted by molar-refractivity contribution is 5.67. The maximum Gasteiger partial charge on any atom is 0.231 e. The second-order valence-corrected chi connectivity index (χ2v) is 4.60. The Morgan fingerprint density at radius 2 is 1.89 bits per heavy atom. The van der Waals surface area contributed by atoms with Crippen LogP contribution in [0.25, 0.3) is 0 Å². The molecule has 0 fully saturated rings. The second kappa shape index (κ2) is 4.72. The van der Waals surface area contributed by atoms with Gasteiger partial charge in [0.1, 0.15) is 0 Å². The highest BCUT2D eigenvalue weighted by atomic mass is 16.7. The average molecular weight is 256 g/mol. The Labute approximate surface area is 112 Å². The third-order valence-electron chi connectivity index (χ3n) is 3.20. The zero-order valence-corrected chi connectivity index (χ0v) is 10.8. The molecule has 0 bridgehead atoms. The zero-order valence-electron chi connectivity index (χ0n) is 10.8. The van der Waals surface area contributed by atoms with E-state index in [4.69, 9.17) is 15.2 Å². The SMILES string of the molecule is CN(Cc1ccc2c(c1)OCO2)c1ccccc1N. The van der Waals surface area contributed by atoms with Crippen molar-refractivity contribution >= 4 is 11.4 Å². The van der Waals surface area contributed by atoms with E-state index in [1.54, 1.807) is 0 Å². The molecule has 0 spiro atoms. The molecule has 0 atom stereocenters. The Bertz CT molecular complexity index is 598. The maximum absolute atomic E-state index is 5.98. The molecule has 0 radical (unpaired) electrons. The number of rotatable bonds is 3. The lowest BCUT2D eigenvalue weighted by atomic mass is 10.1. The van der Waals surface area contributed by atoms with E-state index in [1.165, 1.54) is 0 Å². The summed E-state index contributed by atoms with van der Waals surface area (Å²) in [6.45, 7) is 1.07. The summed E-state index contributed by atoms with van der Waals surface area (Å²) in [5.41, 5.74) is 8.95. The Morgan fingerprint density at radius 1 is 1.11 bits per heavy atom. The van der Waals surface area contributed by atoms with Crippen LogP contribution < -0.4 is 20.1 Å². The molecule has 1 aliphatic rings. The number of hydrogen-bond acceptors (Lipinski definition) is 4. The molecule has 98 valence electrons. The summed E-state index contributed by atoms with van der Waals surface area (Å²) < 4.78 is 10.7. The standard InChI is InChI=1S/C15H16N2O2/c1-17(13-5-3-2-4-12(13)16)9-11-6-7-14-15(8-11)19-10-18-14/h2-8H,9-10,16H2,1H3. The van der Waals surface area contributed by atoms with Gasteiger partial charge < -0.3 is 20.1 Å². The molecule has 0 unspecified atom stereocenters. The normalized spacial score (nSPS) is 12.5. The van der Waals surface area contributed by atoms with Gasteiger partial charge in [-0.1, -0.05) is 18.2 Å². The Balaban J connectivity index is 1.80. The molecule has 1 aliphatic heterocycles. The van der Waals surface area contributed by atoms with Crippen molar-refractivity contribution in [1.82, 2.24) is 0 Å². The number of ether oxygens (including phenoxy) is 2. The van der Waals surface area contributed by atoms with Gasteiger partial charge in [-0.3, -0.25) is 0 Å². The Kier molecular flexibility index (Phi) is 2.91. The summed E-state index contributed by atoms with van der Waals surface area (Å²) in [4.78, 5) is 2.12. The number of hydrogen-bond donors (Lipinski definition) is 1. The van der Waals surface area contributed by atoms with Crippen LogP contribution in [0, 0.1) is 0 Å². The molecule has 0 saturated heterocycles. The summed E-state index contributed by atoms with van der Waals surface area (Å²) in [5.74, 6) is 1.62. The van der Waals surface area contributed by atoms with Crippen molar-refractivity contribution in [2.75, 3.05) is 24.5 Å². The van der Waals surface area contributed by atoms with Gasteiger partial charge in [-0.25, -0.2) is 0 Å². The molecule has 2 aromatic carbocycles. The Morgan fingerprint density at radius 3 is 2.74 bits per heavy atom. The maximum atomic E-state index is 5.98. The van der Waals surface area contributed by atoms with Gasteiger partial charge in [-0.05, 0) is 29.8 Å². The van der Waals surface area contributed by atoms with Crippen LogP contribution in [0.1, 0.15) is 5.56 Å². The van der Waals surface area contributed by atoms with Crippen molar-refractivity contribution in [3.05, 3.63) is 48.0 Å². The molecule has 0 saturated carbocycles. The van der Waals surface area contributed by atoms with E-state index in [2.05, 4.69) is 4.90 Å². The molecule has 0 aromatic heterocycles. The van der Waals surface area contributed by atoms with Crippen LogP contribution in [0.2, 0.25) is 0 Å². The van der Waals surface area contributed by atoms with Gasteiger partial charge >= 0.3 is 0 Å². The number of fused-ring (bicyclic) bond motifs is 1. The fourth-order valence-corrected chi connectivity index (χ4v) is 2.23. The molecule has 1 heterocycles. The Hall–Kier alpha value is -2.36. The van der Waals surface area contributed by atoms with Crippen LogP contribution >= 0.6 is 0 Å². The van der Waals surface area contributed by atoms with E-state index in [-0.39, 0.29) is 0 Å². The molecule has 19 heavy (non-hydrogen) atoms. The van der Waals surface area contributed by atoms with Gasteiger partial charge in [-0.2, -0.15) is 0 Å². The summed E-state index contributed by atoms with van der Waals surface area (Å²) in [6, 6.07) is 13.9. The first-order valence-electron chi connectivity index (χ1n) is 6.18. The zero-order chi connectivity index (χ0) is 13.2. The lowest BCUT2D eigenvalue weighted by Crippen LogP contribution is -2.17. The minimum atomic E-state index is 0.306. The summed E-state index contributed by atoms with van der Waals surface area (Å²) in [5, 5.41) is 0. The first-order chi connectivity index (χ1) is 9.24. The highest BCUT2D eigenvalue weighted by Gasteiger charge is 2.14. The van der Waals surface area contributed by atoms with Crippen LogP contribution in [0.3, 0.4) is 0 Å². The fourth-order valence-electron chi connectivity index (χ4n) is 2.23. The first kappa shape index (κ1) is 11.7. The highest BCUT2D eigenvalue weighted by Crippen LogP contribution is 2.33. The molecule has 0 aliphatic carbocycles. The van der Waals surface area contributed by atoms with Gasteiger partial charge in [0.05, 0.1) is 11.4 Å². The number of para-hydroxylation sites is 2. The van der Waals surface area contributed by atoms with Gasteiger partial charge in [0, 0.05) is 13.6 Å². The third-order valence-corrected chi connectivity index (χ3v) is 3.20. The molecule has 2 N–H and O–H groups in total. The number of benzene rings is 2. The molecular weight excluding hydrogens is 240 g/mol. The molecular formula is C15H16N2O2. The predicted molar refractivity (Wildman–Crippen MR) is 75.5 cm³/mol. The lowest BCUT2D eigenvalue weighted by Gasteiger charge is -2.21. The lowest BCUT2D eigenvalue weighted by molar-refractivity contribution is 0.174. The summed E-state index contributed by atoms with van der Waals surface area (Å²) >= 11 is 0. The van der Waals surface area contributed by atoms with E-state index in [9.17, 15) is 0 Å². The average Bonchev–Trinajstić information content (AvgIpc) is 2.86. The number of nitrogens with two attached hydrogens (primary N) is 1. The van der Waals surface area contributed by atoms with Gasteiger partial charge in [0.15, 0.2) is 11.5 Å².